The van der Waals surface area contributed by atoms with Crippen LogP contribution in [0, 0.1) is 11.8 Å². The van der Waals surface area contributed by atoms with Gasteiger partial charge in [0.25, 0.3) is 0 Å². The maximum absolute atomic E-state index is 11.3. The molecule has 0 fully saturated rings. The lowest BCUT2D eigenvalue weighted by atomic mass is 10.1. The van der Waals surface area contributed by atoms with E-state index in [2.05, 4.69) is 6.58 Å². The van der Waals surface area contributed by atoms with Gasteiger partial charge in [0.2, 0.25) is 0 Å². The van der Waals surface area contributed by atoms with Gasteiger partial charge in [-0.2, -0.15) is 0 Å². The first-order chi connectivity index (χ1) is 10.7. The summed E-state index contributed by atoms with van der Waals surface area (Å²) >= 11 is 0. The molecule has 0 aromatic rings. The van der Waals surface area contributed by atoms with E-state index >= 15 is 0 Å². The third kappa shape index (κ3) is 15.3. The number of aldehydes is 1. The molecule has 0 N–H and O–H groups in total. The van der Waals surface area contributed by atoms with Crippen LogP contribution in [0.25, 0.3) is 0 Å². The number of esters is 2. The largest absolute Gasteiger partial charge is 0.460 e. The fraction of sp³-hybridized carbons (Fsp3) is 0.737. The summed E-state index contributed by atoms with van der Waals surface area (Å²) in [5.41, 5.74) is -0.846. The Hall–Kier alpha value is -1.65. The Kier molecular flexibility index (Phi) is 11.3. The predicted molar refractivity (Wildman–Crippen MR) is 95.5 cm³/mol. The smallest absolute Gasteiger partial charge is 0.309 e. The Morgan fingerprint density at radius 3 is 1.46 bits per heavy atom. The molecule has 0 aliphatic carbocycles. The summed E-state index contributed by atoms with van der Waals surface area (Å²) in [6.45, 7) is 18.1. The first kappa shape index (κ1) is 24.6. The summed E-state index contributed by atoms with van der Waals surface area (Å²) in [5, 5.41) is 0. The van der Waals surface area contributed by atoms with E-state index in [1.54, 1.807) is 33.8 Å². The molecule has 0 radical (unpaired) electrons. The molecular weight excluding hydrogens is 308 g/mol. The highest BCUT2D eigenvalue weighted by atomic mass is 16.6. The van der Waals surface area contributed by atoms with E-state index in [-0.39, 0.29) is 35.8 Å². The lowest BCUT2D eigenvalue weighted by molar-refractivity contribution is -0.160. The molecule has 5 heteroatoms. The summed E-state index contributed by atoms with van der Waals surface area (Å²) in [7, 11) is 0. The molecule has 0 amide bonds. The van der Waals surface area contributed by atoms with Crippen LogP contribution in [-0.2, 0) is 23.9 Å². The maximum Gasteiger partial charge on any atom is 0.309 e. The molecule has 0 saturated heterocycles. The molecule has 0 aliphatic heterocycles. The fourth-order valence-corrected chi connectivity index (χ4v) is 1.39. The molecule has 2 atom stereocenters. The minimum absolute atomic E-state index is 0.0817. The Labute approximate surface area is 146 Å². The first-order valence-electron chi connectivity index (χ1n) is 8.23. The number of allylic oxidation sites excluding steroid dienone is 1. The van der Waals surface area contributed by atoms with Crippen molar-refractivity contribution >= 4 is 18.2 Å². The average Bonchev–Trinajstić information content (AvgIpc) is 2.36. The number of rotatable bonds is 6. The molecule has 0 bridgehead atoms. The average molecular weight is 342 g/mol. The molecule has 0 rings (SSSR count). The second kappa shape index (κ2) is 11.0. The standard InChI is InChI=1S/C10H18O2.C9H16O3/c1-6-7-8(2)9(11)12-10(3,4)5;1-7(5-6-10)8(11)12-9(2,3)4/h6,8H,1,7H2,2-5H3;6-7H,5H2,1-4H3. The third-order valence-corrected chi connectivity index (χ3v) is 2.59. The van der Waals surface area contributed by atoms with Crippen LogP contribution in [0.3, 0.4) is 0 Å². The highest BCUT2D eigenvalue weighted by Gasteiger charge is 2.21. The van der Waals surface area contributed by atoms with Gasteiger partial charge in [-0.15, -0.1) is 6.58 Å². The second-order valence-corrected chi connectivity index (χ2v) is 7.80. The van der Waals surface area contributed by atoms with Crippen LogP contribution in [0.5, 0.6) is 0 Å². The molecule has 0 heterocycles. The predicted octanol–water partition coefficient (Wildman–Crippen LogP) is 4.09. The minimum atomic E-state index is -0.464. The zero-order valence-corrected chi connectivity index (χ0v) is 16.5. The molecule has 0 aliphatic rings. The number of hydrogen-bond donors (Lipinski definition) is 0. The zero-order valence-electron chi connectivity index (χ0n) is 16.5. The van der Waals surface area contributed by atoms with Gasteiger partial charge in [0, 0.05) is 6.42 Å². The SMILES string of the molecule is C=CCC(C)C(=O)OC(C)(C)C.CC(CC=O)C(=O)OC(C)(C)C. The van der Waals surface area contributed by atoms with Gasteiger partial charge < -0.3 is 14.3 Å². The highest BCUT2D eigenvalue weighted by Crippen LogP contribution is 2.13. The summed E-state index contributed by atoms with van der Waals surface area (Å²) in [6, 6.07) is 0. The molecule has 0 saturated carbocycles. The minimum Gasteiger partial charge on any atom is -0.460 e. The number of hydrogen-bond acceptors (Lipinski definition) is 5. The highest BCUT2D eigenvalue weighted by molar-refractivity contribution is 5.75. The Morgan fingerprint density at radius 1 is 0.875 bits per heavy atom. The molecule has 24 heavy (non-hydrogen) atoms. The summed E-state index contributed by atoms with van der Waals surface area (Å²) in [6.07, 6.45) is 3.37. The van der Waals surface area contributed by atoms with Crippen molar-refractivity contribution in [2.45, 2.75) is 79.4 Å². The van der Waals surface area contributed by atoms with Gasteiger partial charge in [-0.3, -0.25) is 9.59 Å². The Bertz CT molecular complexity index is 372. The fourth-order valence-electron chi connectivity index (χ4n) is 1.39. The van der Waals surface area contributed by atoms with E-state index in [9.17, 15) is 14.4 Å². The van der Waals surface area contributed by atoms with E-state index in [1.165, 1.54) is 0 Å². The maximum atomic E-state index is 11.3. The van der Waals surface area contributed by atoms with Gasteiger partial charge in [0.1, 0.15) is 17.5 Å². The van der Waals surface area contributed by atoms with Crippen molar-refractivity contribution in [3.8, 4) is 0 Å². The van der Waals surface area contributed by atoms with Gasteiger partial charge in [-0.1, -0.05) is 19.9 Å². The van der Waals surface area contributed by atoms with Gasteiger partial charge >= 0.3 is 11.9 Å². The van der Waals surface area contributed by atoms with Crippen LogP contribution >= 0.6 is 0 Å². The number of carbonyl (C=O) groups is 3. The van der Waals surface area contributed by atoms with Crippen molar-refractivity contribution in [3.05, 3.63) is 12.7 Å². The lowest BCUT2D eigenvalue weighted by Crippen LogP contribution is -2.27. The van der Waals surface area contributed by atoms with Crippen molar-refractivity contribution in [1.82, 2.24) is 0 Å². The van der Waals surface area contributed by atoms with Crippen molar-refractivity contribution in [1.29, 1.82) is 0 Å². The molecule has 0 spiro atoms. The lowest BCUT2D eigenvalue weighted by Gasteiger charge is -2.21. The van der Waals surface area contributed by atoms with Crippen molar-refractivity contribution in [2.24, 2.45) is 11.8 Å². The van der Waals surface area contributed by atoms with Crippen LogP contribution < -0.4 is 0 Å². The summed E-state index contributed by atoms with van der Waals surface area (Å²) < 4.78 is 10.2. The van der Waals surface area contributed by atoms with Gasteiger partial charge in [-0.25, -0.2) is 0 Å². The van der Waals surface area contributed by atoms with Gasteiger partial charge in [-0.05, 0) is 48.0 Å². The summed E-state index contributed by atoms with van der Waals surface area (Å²) in [5.74, 6) is -0.875. The van der Waals surface area contributed by atoms with Gasteiger partial charge in [0.15, 0.2) is 0 Å². The first-order valence-corrected chi connectivity index (χ1v) is 8.23. The monoisotopic (exact) mass is 342 g/mol. The molecule has 5 nitrogen and oxygen atoms in total. The number of carbonyl (C=O) groups excluding carboxylic acids is 3. The molecular formula is C19H34O5. The van der Waals surface area contributed by atoms with Crippen LogP contribution in [0.4, 0.5) is 0 Å². The van der Waals surface area contributed by atoms with Crippen molar-refractivity contribution < 1.29 is 23.9 Å². The summed E-state index contributed by atoms with van der Waals surface area (Å²) in [4.78, 5) is 32.5. The number of ether oxygens (including phenoxy) is 2. The van der Waals surface area contributed by atoms with E-state index < -0.39 is 5.60 Å². The van der Waals surface area contributed by atoms with Crippen molar-refractivity contribution in [2.75, 3.05) is 0 Å². The molecule has 0 aromatic heterocycles. The van der Waals surface area contributed by atoms with Crippen molar-refractivity contribution in [3.63, 3.8) is 0 Å². The van der Waals surface area contributed by atoms with E-state index in [4.69, 9.17) is 9.47 Å². The van der Waals surface area contributed by atoms with Crippen LogP contribution in [0.2, 0.25) is 0 Å². The van der Waals surface area contributed by atoms with E-state index in [0.717, 1.165) is 6.29 Å². The van der Waals surface area contributed by atoms with Crippen LogP contribution in [-0.4, -0.2) is 29.4 Å². The topological polar surface area (TPSA) is 69.7 Å². The zero-order chi connectivity index (χ0) is 19.6. The quantitative estimate of drug-likeness (QED) is 0.413. The van der Waals surface area contributed by atoms with Gasteiger partial charge in [0.05, 0.1) is 11.8 Å². The third-order valence-electron chi connectivity index (χ3n) is 2.59. The Balaban J connectivity index is 0. The Morgan fingerprint density at radius 2 is 1.21 bits per heavy atom. The van der Waals surface area contributed by atoms with Crippen LogP contribution in [0.1, 0.15) is 68.2 Å². The normalized spacial score (nSPS) is 13.7. The van der Waals surface area contributed by atoms with E-state index in [0.29, 0.717) is 6.42 Å². The molecule has 2 unspecified atom stereocenters. The second-order valence-electron chi connectivity index (χ2n) is 7.80. The molecule has 0 aromatic carbocycles. The van der Waals surface area contributed by atoms with E-state index in [1.807, 2.05) is 27.7 Å². The molecule has 140 valence electrons. The van der Waals surface area contributed by atoms with Crippen LogP contribution in [0.15, 0.2) is 12.7 Å².